The van der Waals surface area contributed by atoms with Crippen molar-refractivity contribution in [2.24, 2.45) is 0 Å². The number of aliphatic hydroxyl groups is 1. The molecule has 1 N–H and O–H groups in total. The Morgan fingerprint density at radius 3 is 2.47 bits per heavy atom. The first-order valence-electron chi connectivity index (χ1n) is 5.49. The number of hydrogen-bond acceptors (Lipinski definition) is 2. The maximum atomic E-state index is 13.3. The minimum absolute atomic E-state index is 0.400. The molecule has 0 aliphatic rings. The summed E-state index contributed by atoms with van der Waals surface area (Å²) >= 11 is 6.73. The first kappa shape index (κ1) is 14.5. The Kier molecular flexibility index (Phi) is 4.60. The highest BCUT2D eigenvalue weighted by molar-refractivity contribution is 9.13. The number of aliphatic hydroxyl groups excluding tert-OH is 1. The average Bonchev–Trinajstić information content (AvgIpc) is 2.41. The van der Waals surface area contributed by atoms with Gasteiger partial charge in [-0.25, -0.2) is 4.39 Å². The number of ether oxygens (including phenoxy) is 1. The van der Waals surface area contributed by atoms with E-state index in [0.29, 0.717) is 16.9 Å². The van der Waals surface area contributed by atoms with Crippen LogP contribution in [0.2, 0.25) is 0 Å². The van der Waals surface area contributed by atoms with Crippen LogP contribution in [0.5, 0.6) is 5.75 Å². The fourth-order valence-corrected chi connectivity index (χ4v) is 2.42. The predicted octanol–water partition coefficient (Wildman–Crippen LogP) is 4.44. The minimum Gasteiger partial charge on any atom is -0.496 e. The van der Waals surface area contributed by atoms with Gasteiger partial charge in [0.15, 0.2) is 0 Å². The van der Waals surface area contributed by atoms with Gasteiger partial charge in [0.25, 0.3) is 0 Å². The Morgan fingerprint density at radius 2 is 1.84 bits per heavy atom. The number of benzene rings is 2. The molecule has 2 aromatic carbocycles. The molecule has 0 aliphatic carbocycles. The van der Waals surface area contributed by atoms with Gasteiger partial charge in [0.1, 0.15) is 17.7 Å². The lowest BCUT2D eigenvalue weighted by Crippen LogP contribution is -2.03. The van der Waals surface area contributed by atoms with Crippen molar-refractivity contribution in [3.8, 4) is 5.75 Å². The van der Waals surface area contributed by atoms with Crippen LogP contribution in [0.15, 0.2) is 45.3 Å². The molecule has 19 heavy (non-hydrogen) atoms. The van der Waals surface area contributed by atoms with Crippen molar-refractivity contribution in [3.63, 3.8) is 0 Å². The quantitative estimate of drug-likeness (QED) is 0.840. The second-order valence-electron chi connectivity index (χ2n) is 3.96. The summed E-state index contributed by atoms with van der Waals surface area (Å²) in [6, 6.07) is 9.44. The molecular weight excluding hydrogens is 379 g/mol. The van der Waals surface area contributed by atoms with Crippen LogP contribution in [0.3, 0.4) is 0 Å². The second kappa shape index (κ2) is 6.03. The lowest BCUT2D eigenvalue weighted by atomic mass is 10.0. The van der Waals surface area contributed by atoms with Gasteiger partial charge >= 0.3 is 0 Å². The van der Waals surface area contributed by atoms with E-state index in [1.165, 1.54) is 25.3 Å². The van der Waals surface area contributed by atoms with Gasteiger partial charge in [-0.3, -0.25) is 0 Å². The van der Waals surface area contributed by atoms with E-state index >= 15 is 0 Å². The minimum atomic E-state index is -0.949. The van der Waals surface area contributed by atoms with Crippen LogP contribution < -0.4 is 4.74 Å². The summed E-state index contributed by atoms with van der Waals surface area (Å²) in [6.07, 6.45) is -0.949. The predicted molar refractivity (Wildman–Crippen MR) is 78.9 cm³/mol. The molecule has 1 atom stereocenters. The molecule has 2 rings (SSSR count). The molecule has 0 amide bonds. The van der Waals surface area contributed by atoms with Crippen molar-refractivity contribution in [1.82, 2.24) is 0 Å². The van der Waals surface area contributed by atoms with Crippen LogP contribution in [0.4, 0.5) is 4.39 Å². The number of hydrogen-bond donors (Lipinski definition) is 1. The van der Waals surface area contributed by atoms with Gasteiger partial charge in [0.2, 0.25) is 0 Å². The Labute approximate surface area is 127 Å². The summed E-state index contributed by atoms with van der Waals surface area (Å²) in [5, 5.41) is 10.4. The van der Waals surface area contributed by atoms with Crippen LogP contribution in [-0.2, 0) is 0 Å². The Bertz CT molecular complexity index is 602. The van der Waals surface area contributed by atoms with E-state index in [-0.39, 0.29) is 0 Å². The molecule has 0 radical (unpaired) electrons. The highest BCUT2D eigenvalue weighted by Gasteiger charge is 2.17. The summed E-state index contributed by atoms with van der Waals surface area (Å²) in [5.74, 6) is 0.0407. The van der Waals surface area contributed by atoms with Crippen molar-refractivity contribution < 1.29 is 14.2 Å². The van der Waals surface area contributed by atoms with Crippen molar-refractivity contribution in [2.75, 3.05) is 7.11 Å². The molecule has 0 spiro atoms. The molecule has 2 nitrogen and oxygen atoms in total. The van der Waals surface area contributed by atoms with E-state index in [1.807, 2.05) is 6.07 Å². The fourth-order valence-electron chi connectivity index (χ4n) is 1.78. The first-order chi connectivity index (χ1) is 9.02. The number of methoxy groups -OCH3 is 1. The molecule has 0 saturated heterocycles. The van der Waals surface area contributed by atoms with E-state index in [9.17, 15) is 9.50 Å². The molecular formula is C14H11Br2FO2. The van der Waals surface area contributed by atoms with E-state index in [4.69, 9.17) is 4.74 Å². The molecule has 5 heteroatoms. The number of halogens is 3. The lowest BCUT2D eigenvalue weighted by molar-refractivity contribution is 0.214. The molecule has 100 valence electrons. The van der Waals surface area contributed by atoms with Crippen LogP contribution in [0.1, 0.15) is 17.2 Å². The van der Waals surface area contributed by atoms with Gasteiger partial charge in [-0.1, -0.05) is 6.07 Å². The summed E-state index contributed by atoms with van der Waals surface area (Å²) < 4.78 is 20.2. The van der Waals surface area contributed by atoms with Crippen molar-refractivity contribution in [2.45, 2.75) is 6.10 Å². The fraction of sp³-hybridized carbons (Fsp3) is 0.143. The molecule has 0 bridgehead atoms. The summed E-state index contributed by atoms with van der Waals surface area (Å²) in [7, 11) is 1.49. The van der Waals surface area contributed by atoms with E-state index in [2.05, 4.69) is 31.9 Å². The zero-order valence-corrected chi connectivity index (χ0v) is 13.2. The van der Waals surface area contributed by atoms with Gasteiger partial charge in [-0.05, 0) is 67.8 Å². The Hall–Kier alpha value is -0.910. The lowest BCUT2D eigenvalue weighted by Gasteiger charge is -2.16. The molecule has 0 aromatic heterocycles. The summed E-state index contributed by atoms with van der Waals surface area (Å²) in [5.41, 5.74) is 1.05. The molecule has 0 heterocycles. The normalized spacial score (nSPS) is 12.3. The largest absolute Gasteiger partial charge is 0.496 e. The third kappa shape index (κ3) is 3.16. The third-order valence-electron chi connectivity index (χ3n) is 2.75. The molecule has 0 aliphatic heterocycles. The Morgan fingerprint density at radius 1 is 1.11 bits per heavy atom. The van der Waals surface area contributed by atoms with Crippen molar-refractivity contribution in [3.05, 3.63) is 62.3 Å². The van der Waals surface area contributed by atoms with Crippen molar-refractivity contribution >= 4 is 31.9 Å². The average molecular weight is 390 g/mol. The third-order valence-corrected chi connectivity index (χ3v) is 4.63. The van der Waals surface area contributed by atoms with Crippen LogP contribution in [0.25, 0.3) is 0 Å². The van der Waals surface area contributed by atoms with E-state index in [1.54, 1.807) is 12.1 Å². The van der Waals surface area contributed by atoms with E-state index < -0.39 is 11.9 Å². The highest BCUT2D eigenvalue weighted by Crippen LogP contribution is 2.33. The summed E-state index contributed by atoms with van der Waals surface area (Å²) in [4.78, 5) is 0. The van der Waals surface area contributed by atoms with Gasteiger partial charge < -0.3 is 9.84 Å². The van der Waals surface area contributed by atoms with Crippen LogP contribution in [0, 0.1) is 5.82 Å². The zero-order chi connectivity index (χ0) is 14.0. The monoisotopic (exact) mass is 388 g/mol. The van der Waals surface area contributed by atoms with E-state index in [0.717, 1.165) is 8.95 Å². The first-order valence-corrected chi connectivity index (χ1v) is 7.08. The maximum Gasteiger partial charge on any atom is 0.125 e. The SMILES string of the molecule is COc1ccc(F)cc1C(O)c1ccc(Br)c(Br)c1. The zero-order valence-electron chi connectivity index (χ0n) is 10.0. The van der Waals surface area contributed by atoms with Gasteiger partial charge in [-0.2, -0.15) is 0 Å². The second-order valence-corrected chi connectivity index (χ2v) is 5.67. The topological polar surface area (TPSA) is 29.5 Å². The molecule has 0 fully saturated rings. The van der Waals surface area contributed by atoms with Crippen LogP contribution in [-0.4, -0.2) is 12.2 Å². The van der Waals surface area contributed by atoms with Gasteiger partial charge in [0.05, 0.1) is 7.11 Å². The highest BCUT2D eigenvalue weighted by atomic mass is 79.9. The van der Waals surface area contributed by atoms with Gasteiger partial charge in [-0.15, -0.1) is 0 Å². The maximum absolute atomic E-state index is 13.3. The molecule has 0 saturated carbocycles. The summed E-state index contributed by atoms with van der Waals surface area (Å²) in [6.45, 7) is 0. The molecule has 1 unspecified atom stereocenters. The van der Waals surface area contributed by atoms with Gasteiger partial charge in [0, 0.05) is 14.5 Å². The number of rotatable bonds is 3. The van der Waals surface area contributed by atoms with Crippen molar-refractivity contribution in [1.29, 1.82) is 0 Å². The smallest absolute Gasteiger partial charge is 0.125 e. The Balaban J connectivity index is 2.45. The standard InChI is InChI=1S/C14H11Br2FO2/c1-19-13-5-3-9(17)7-10(13)14(18)8-2-4-11(15)12(16)6-8/h2-7,14,18H,1H3. The van der Waals surface area contributed by atoms with Crippen LogP contribution >= 0.6 is 31.9 Å². The molecule has 2 aromatic rings.